The summed E-state index contributed by atoms with van der Waals surface area (Å²) in [5.41, 5.74) is 0. The molecule has 6 heteroatoms. The van der Waals surface area contributed by atoms with Gasteiger partial charge in [-0.05, 0) is 36.8 Å². The van der Waals surface area contributed by atoms with Crippen LogP contribution in [0.25, 0.3) is 0 Å². The number of carbonyl (C=O) groups excluding carboxylic acids is 2. The minimum Gasteiger partial charge on any atom is -0.459 e. The normalized spacial score (nSPS) is 21.8. The zero-order valence-electron chi connectivity index (χ0n) is 12.0. The van der Waals surface area contributed by atoms with Gasteiger partial charge in [0, 0.05) is 13.2 Å². The third-order valence-electron chi connectivity index (χ3n) is 4.02. The first-order valence-electron chi connectivity index (χ1n) is 7.40. The molecule has 1 aromatic rings. The van der Waals surface area contributed by atoms with E-state index in [0.29, 0.717) is 12.5 Å². The Labute approximate surface area is 123 Å². The highest BCUT2D eigenvalue weighted by Crippen LogP contribution is 2.28. The van der Waals surface area contributed by atoms with Crippen molar-refractivity contribution in [2.24, 2.45) is 11.8 Å². The molecular weight excluding hydrogens is 272 g/mol. The number of furan rings is 1. The molecule has 0 radical (unpaired) electrons. The summed E-state index contributed by atoms with van der Waals surface area (Å²) >= 11 is 0. The topological polar surface area (TPSA) is 91.6 Å². The highest BCUT2D eigenvalue weighted by Gasteiger charge is 2.24. The molecule has 116 valence electrons. The minimum atomic E-state index is -0.402. The molecule has 0 aliphatic heterocycles. The van der Waals surface area contributed by atoms with Crippen LogP contribution in [0.3, 0.4) is 0 Å². The summed E-state index contributed by atoms with van der Waals surface area (Å²) in [6.45, 7) is 0.659. The van der Waals surface area contributed by atoms with E-state index in [1.807, 2.05) is 0 Å². The van der Waals surface area contributed by atoms with Gasteiger partial charge in [-0.1, -0.05) is 12.8 Å². The Hall–Kier alpha value is -1.82. The predicted molar refractivity (Wildman–Crippen MR) is 76.6 cm³/mol. The second-order valence-corrected chi connectivity index (χ2v) is 5.45. The average Bonchev–Trinajstić information content (AvgIpc) is 3.05. The van der Waals surface area contributed by atoms with Crippen LogP contribution in [0.1, 0.15) is 36.2 Å². The molecule has 2 rings (SSSR count). The fourth-order valence-electron chi connectivity index (χ4n) is 2.76. The van der Waals surface area contributed by atoms with E-state index >= 15 is 0 Å². The maximum absolute atomic E-state index is 11.7. The van der Waals surface area contributed by atoms with Gasteiger partial charge in [0.25, 0.3) is 5.91 Å². The Morgan fingerprint density at radius 3 is 2.67 bits per heavy atom. The Bertz CT molecular complexity index is 458. The number of aliphatic hydroxyl groups excluding tert-OH is 1. The number of hydrogen-bond acceptors (Lipinski definition) is 4. The molecule has 1 aromatic heterocycles. The first kappa shape index (κ1) is 15.6. The second kappa shape index (κ2) is 7.83. The molecular formula is C15H22N2O4. The molecule has 2 unspecified atom stereocenters. The SMILES string of the molecule is O=C(CNC(=O)c1ccco1)NCC1CCCCC1CO. The number of amides is 2. The van der Waals surface area contributed by atoms with E-state index in [0.717, 1.165) is 25.7 Å². The average molecular weight is 294 g/mol. The van der Waals surface area contributed by atoms with E-state index < -0.39 is 5.91 Å². The van der Waals surface area contributed by atoms with Gasteiger partial charge in [0.2, 0.25) is 5.91 Å². The first-order chi connectivity index (χ1) is 10.2. The van der Waals surface area contributed by atoms with Gasteiger partial charge in [0.1, 0.15) is 0 Å². The summed E-state index contributed by atoms with van der Waals surface area (Å²) in [4.78, 5) is 23.3. The van der Waals surface area contributed by atoms with Crippen molar-refractivity contribution in [2.75, 3.05) is 19.7 Å². The van der Waals surface area contributed by atoms with Gasteiger partial charge in [-0.25, -0.2) is 0 Å². The summed E-state index contributed by atoms with van der Waals surface area (Å²) in [6, 6.07) is 3.16. The summed E-state index contributed by atoms with van der Waals surface area (Å²) < 4.78 is 4.94. The molecule has 1 saturated carbocycles. The van der Waals surface area contributed by atoms with Gasteiger partial charge < -0.3 is 20.2 Å². The van der Waals surface area contributed by atoms with Crippen LogP contribution >= 0.6 is 0 Å². The maximum atomic E-state index is 11.7. The van der Waals surface area contributed by atoms with E-state index in [1.165, 1.54) is 6.26 Å². The van der Waals surface area contributed by atoms with Crippen LogP contribution in [-0.2, 0) is 4.79 Å². The zero-order valence-corrected chi connectivity index (χ0v) is 12.0. The van der Waals surface area contributed by atoms with Crippen LogP contribution < -0.4 is 10.6 Å². The molecule has 2 amide bonds. The largest absolute Gasteiger partial charge is 0.459 e. The molecule has 1 heterocycles. The Balaban J connectivity index is 1.68. The second-order valence-electron chi connectivity index (χ2n) is 5.45. The van der Waals surface area contributed by atoms with Crippen molar-refractivity contribution in [1.29, 1.82) is 0 Å². The van der Waals surface area contributed by atoms with Crippen molar-refractivity contribution in [1.82, 2.24) is 10.6 Å². The first-order valence-corrected chi connectivity index (χ1v) is 7.40. The molecule has 0 saturated heterocycles. The number of hydrogen-bond donors (Lipinski definition) is 3. The number of nitrogens with one attached hydrogen (secondary N) is 2. The molecule has 1 aliphatic rings. The summed E-state index contributed by atoms with van der Waals surface area (Å²) in [6.07, 6.45) is 5.75. The quantitative estimate of drug-likeness (QED) is 0.727. The van der Waals surface area contributed by atoms with E-state index in [1.54, 1.807) is 12.1 Å². The van der Waals surface area contributed by atoms with E-state index in [9.17, 15) is 14.7 Å². The van der Waals surface area contributed by atoms with Gasteiger partial charge in [-0.2, -0.15) is 0 Å². The van der Waals surface area contributed by atoms with Crippen molar-refractivity contribution in [3.05, 3.63) is 24.2 Å². The van der Waals surface area contributed by atoms with Crippen molar-refractivity contribution < 1.29 is 19.1 Å². The predicted octanol–water partition coefficient (Wildman–Crippen LogP) is 0.924. The fourth-order valence-corrected chi connectivity index (χ4v) is 2.76. The van der Waals surface area contributed by atoms with Crippen molar-refractivity contribution in [3.8, 4) is 0 Å². The Morgan fingerprint density at radius 1 is 1.24 bits per heavy atom. The third kappa shape index (κ3) is 4.60. The maximum Gasteiger partial charge on any atom is 0.287 e. The van der Waals surface area contributed by atoms with Crippen LogP contribution in [-0.4, -0.2) is 36.6 Å². The van der Waals surface area contributed by atoms with Crippen LogP contribution in [0, 0.1) is 11.8 Å². The van der Waals surface area contributed by atoms with E-state index in [2.05, 4.69) is 10.6 Å². The van der Waals surface area contributed by atoms with E-state index in [-0.39, 0.29) is 30.7 Å². The monoisotopic (exact) mass is 294 g/mol. The lowest BCUT2D eigenvalue weighted by Crippen LogP contribution is -2.41. The molecule has 3 N–H and O–H groups in total. The third-order valence-corrected chi connectivity index (χ3v) is 4.02. The Morgan fingerprint density at radius 2 is 2.00 bits per heavy atom. The van der Waals surface area contributed by atoms with Gasteiger partial charge in [0.05, 0.1) is 12.8 Å². The molecule has 0 spiro atoms. The van der Waals surface area contributed by atoms with Crippen molar-refractivity contribution >= 4 is 11.8 Å². The standard InChI is InChI=1S/C15H22N2O4/c18-10-12-5-2-1-4-11(12)8-16-14(19)9-17-15(20)13-6-3-7-21-13/h3,6-7,11-12,18H,1-2,4-5,8-10H2,(H,16,19)(H,17,20). The molecule has 1 fully saturated rings. The molecule has 21 heavy (non-hydrogen) atoms. The lowest BCUT2D eigenvalue weighted by Gasteiger charge is -2.30. The van der Waals surface area contributed by atoms with Crippen molar-refractivity contribution in [2.45, 2.75) is 25.7 Å². The summed E-state index contributed by atoms with van der Waals surface area (Å²) in [7, 11) is 0. The van der Waals surface area contributed by atoms with Gasteiger partial charge in [-0.3, -0.25) is 9.59 Å². The fraction of sp³-hybridized carbons (Fsp3) is 0.600. The highest BCUT2D eigenvalue weighted by molar-refractivity contribution is 5.94. The van der Waals surface area contributed by atoms with Gasteiger partial charge in [0.15, 0.2) is 5.76 Å². The van der Waals surface area contributed by atoms with Gasteiger partial charge >= 0.3 is 0 Å². The van der Waals surface area contributed by atoms with Crippen LogP contribution in [0.5, 0.6) is 0 Å². The summed E-state index contributed by atoms with van der Waals surface area (Å²) in [5, 5.41) is 14.7. The number of carbonyl (C=O) groups is 2. The zero-order chi connectivity index (χ0) is 15.1. The minimum absolute atomic E-state index is 0.0734. The van der Waals surface area contributed by atoms with E-state index in [4.69, 9.17) is 4.42 Å². The molecule has 2 atom stereocenters. The summed E-state index contributed by atoms with van der Waals surface area (Å²) in [5.74, 6) is 0.166. The lowest BCUT2D eigenvalue weighted by atomic mass is 9.79. The smallest absolute Gasteiger partial charge is 0.287 e. The van der Waals surface area contributed by atoms with Crippen LogP contribution in [0.15, 0.2) is 22.8 Å². The lowest BCUT2D eigenvalue weighted by molar-refractivity contribution is -0.120. The molecule has 1 aliphatic carbocycles. The molecule has 6 nitrogen and oxygen atoms in total. The number of aliphatic hydroxyl groups is 1. The van der Waals surface area contributed by atoms with Gasteiger partial charge in [-0.15, -0.1) is 0 Å². The molecule has 0 aromatic carbocycles. The highest BCUT2D eigenvalue weighted by atomic mass is 16.3. The molecule has 0 bridgehead atoms. The van der Waals surface area contributed by atoms with Crippen LogP contribution in [0.2, 0.25) is 0 Å². The van der Waals surface area contributed by atoms with Crippen molar-refractivity contribution in [3.63, 3.8) is 0 Å². The van der Waals surface area contributed by atoms with Crippen LogP contribution in [0.4, 0.5) is 0 Å². The number of rotatable bonds is 6. The Kier molecular flexibility index (Phi) is 5.80.